The summed E-state index contributed by atoms with van der Waals surface area (Å²) >= 11 is 1.70. The number of aryl methyl sites for hydroxylation is 1. The topological polar surface area (TPSA) is 38.3 Å². The van der Waals surface area contributed by atoms with E-state index in [1.165, 1.54) is 5.56 Å². The summed E-state index contributed by atoms with van der Waals surface area (Å²) in [4.78, 5) is 12.1. The molecule has 0 aromatic heterocycles. The molecule has 3 nitrogen and oxygen atoms in total. The highest BCUT2D eigenvalue weighted by Gasteiger charge is 2.25. The van der Waals surface area contributed by atoms with E-state index < -0.39 is 0 Å². The number of thioether (sulfide) groups is 1. The average Bonchev–Trinajstić information content (AvgIpc) is 2.50. The molecule has 1 aromatic rings. The van der Waals surface area contributed by atoms with Gasteiger partial charge in [-0.2, -0.15) is 0 Å². The van der Waals surface area contributed by atoms with Gasteiger partial charge in [0.05, 0.1) is 11.9 Å². The van der Waals surface area contributed by atoms with Crippen LogP contribution >= 0.6 is 11.8 Å². The molecular formula is C14H19NO2S. The van der Waals surface area contributed by atoms with Crippen molar-refractivity contribution in [1.82, 2.24) is 0 Å². The van der Waals surface area contributed by atoms with Crippen molar-refractivity contribution in [2.75, 3.05) is 19.0 Å². The Morgan fingerprint density at radius 2 is 2.28 bits per heavy atom. The first kappa shape index (κ1) is 13.4. The second-order valence-corrected chi connectivity index (χ2v) is 6.22. The van der Waals surface area contributed by atoms with E-state index in [-0.39, 0.29) is 11.2 Å². The lowest BCUT2D eigenvalue weighted by molar-refractivity contribution is -0.115. The van der Waals surface area contributed by atoms with E-state index in [2.05, 4.69) is 18.3 Å². The van der Waals surface area contributed by atoms with Crippen LogP contribution in [0.15, 0.2) is 24.3 Å². The Morgan fingerprint density at radius 1 is 1.50 bits per heavy atom. The third-order valence-corrected chi connectivity index (χ3v) is 4.42. The minimum Gasteiger partial charge on any atom is -0.384 e. The number of hydrogen-bond donors (Lipinski definition) is 1. The number of ether oxygens (including phenoxy) is 1. The van der Waals surface area contributed by atoms with Crippen LogP contribution in [0.5, 0.6) is 0 Å². The SMILES string of the molecule is COC[C@H](C)S[C@H]1CCc2ccccc2NC1=O. The molecule has 0 spiro atoms. The number of benzene rings is 1. The predicted molar refractivity (Wildman–Crippen MR) is 76.1 cm³/mol. The molecule has 0 aliphatic carbocycles. The largest absolute Gasteiger partial charge is 0.384 e. The standard InChI is InChI=1S/C14H19NO2S/c1-10(9-17-2)18-13-8-7-11-5-3-4-6-12(11)15-14(13)16/h3-6,10,13H,7-9H2,1-2H3,(H,15,16)/t10-,13-/m0/s1. The molecular weight excluding hydrogens is 246 g/mol. The van der Waals surface area contributed by atoms with Gasteiger partial charge in [-0.1, -0.05) is 25.1 Å². The zero-order valence-corrected chi connectivity index (χ0v) is 11.6. The maximum atomic E-state index is 12.1. The Balaban J connectivity index is 2.03. The first-order valence-corrected chi connectivity index (χ1v) is 7.18. The lowest BCUT2D eigenvalue weighted by Crippen LogP contribution is -2.26. The summed E-state index contributed by atoms with van der Waals surface area (Å²) in [6.07, 6.45) is 1.84. The summed E-state index contributed by atoms with van der Waals surface area (Å²) < 4.78 is 5.12. The molecule has 1 N–H and O–H groups in total. The third-order valence-electron chi connectivity index (χ3n) is 3.04. The van der Waals surface area contributed by atoms with Gasteiger partial charge in [-0.25, -0.2) is 0 Å². The summed E-state index contributed by atoms with van der Waals surface area (Å²) in [5, 5.41) is 3.38. The van der Waals surface area contributed by atoms with E-state index >= 15 is 0 Å². The van der Waals surface area contributed by atoms with Crippen LogP contribution in [0.3, 0.4) is 0 Å². The molecule has 1 aromatic carbocycles. The van der Waals surface area contributed by atoms with Crippen LogP contribution in [0, 0.1) is 0 Å². The fourth-order valence-electron chi connectivity index (χ4n) is 2.18. The Kier molecular flexibility index (Phi) is 4.66. The normalized spacial score (nSPS) is 20.8. The molecule has 18 heavy (non-hydrogen) atoms. The average molecular weight is 265 g/mol. The lowest BCUT2D eigenvalue weighted by Gasteiger charge is -2.17. The van der Waals surface area contributed by atoms with Gasteiger partial charge in [0.25, 0.3) is 0 Å². The highest BCUT2D eigenvalue weighted by Crippen LogP contribution is 2.29. The first-order chi connectivity index (χ1) is 8.70. The molecule has 1 aliphatic rings. The molecule has 4 heteroatoms. The van der Waals surface area contributed by atoms with Gasteiger partial charge < -0.3 is 10.1 Å². The number of anilines is 1. The maximum Gasteiger partial charge on any atom is 0.237 e. The van der Waals surface area contributed by atoms with Gasteiger partial charge in [0.2, 0.25) is 5.91 Å². The first-order valence-electron chi connectivity index (χ1n) is 6.24. The van der Waals surface area contributed by atoms with E-state index in [0.717, 1.165) is 18.5 Å². The van der Waals surface area contributed by atoms with Crippen LogP contribution in [0.4, 0.5) is 5.69 Å². The molecule has 1 aliphatic heterocycles. The summed E-state index contributed by atoms with van der Waals surface area (Å²) in [6, 6.07) is 8.03. The van der Waals surface area contributed by atoms with E-state index in [4.69, 9.17) is 4.74 Å². The number of carbonyl (C=O) groups is 1. The van der Waals surface area contributed by atoms with Crippen molar-refractivity contribution in [3.63, 3.8) is 0 Å². The molecule has 0 radical (unpaired) electrons. The molecule has 2 rings (SSSR count). The summed E-state index contributed by atoms with van der Waals surface area (Å²) in [6.45, 7) is 2.78. The van der Waals surface area contributed by atoms with Crippen LogP contribution in [0.2, 0.25) is 0 Å². The van der Waals surface area contributed by atoms with Crippen LogP contribution in [0.1, 0.15) is 18.9 Å². The summed E-state index contributed by atoms with van der Waals surface area (Å²) in [7, 11) is 1.69. The van der Waals surface area contributed by atoms with Gasteiger partial charge >= 0.3 is 0 Å². The molecule has 0 unspecified atom stereocenters. The molecule has 1 amide bonds. The minimum atomic E-state index is 0.0162. The molecule has 0 fully saturated rings. The van der Waals surface area contributed by atoms with E-state index in [9.17, 15) is 4.79 Å². The number of methoxy groups -OCH3 is 1. The monoisotopic (exact) mass is 265 g/mol. The fraction of sp³-hybridized carbons (Fsp3) is 0.500. The van der Waals surface area contributed by atoms with Crippen molar-refractivity contribution in [3.05, 3.63) is 29.8 Å². The smallest absolute Gasteiger partial charge is 0.237 e. The fourth-order valence-corrected chi connectivity index (χ4v) is 3.39. The molecule has 0 bridgehead atoms. The minimum absolute atomic E-state index is 0.0162. The number of rotatable bonds is 4. The Bertz CT molecular complexity index is 422. The number of nitrogens with one attached hydrogen (secondary N) is 1. The van der Waals surface area contributed by atoms with E-state index in [1.807, 2.05) is 18.2 Å². The van der Waals surface area contributed by atoms with Crippen LogP contribution in [-0.2, 0) is 16.0 Å². The van der Waals surface area contributed by atoms with E-state index in [0.29, 0.717) is 11.9 Å². The highest BCUT2D eigenvalue weighted by atomic mass is 32.2. The van der Waals surface area contributed by atoms with Crippen molar-refractivity contribution in [2.45, 2.75) is 30.3 Å². The summed E-state index contributed by atoms with van der Waals surface area (Å²) in [5.41, 5.74) is 2.19. The van der Waals surface area contributed by atoms with Gasteiger partial charge in [0.1, 0.15) is 0 Å². The number of amides is 1. The van der Waals surface area contributed by atoms with Crippen molar-refractivity contribution in [3.8, 4) is 0 Å². The second-order valence-electron chi connectivity index (χ2n) is 4.58. The van der Waals surface area contributed by atoms with Gasteiger partial charge in [0.15, 0.2) is 0 Å². The Labute approximate surface area is 112 Å². The van der Waals surface area contributed by atoms with Gasteiger partial charge in [0, 0.05) is 18.0 Å². The number of para-hydroxylation sites is 1. The Morgan fingerprint density at radius 3 is 3.06 bits per heavy atom. The van der Waals surface area contributed by atoms with Crippen LogP contribution in [0.25, 0.3) is 0 Å². The van der Waals surface area contributed by atoms with Crippen LogP contribution < -0.4 is 5.32 Å². The van der Waals surface area contributed by atoms with Gasteiger partial charge in [-0.15, -0.1) is 11.8 Å². The van der Waals surface area contributed by atoms with Crippen molar-refractivity contribution < 1.29 is 9.53 Å². The second kappa shape index (κ2) is 6.25. The van der Waals surface area contributed by atoms with Gasteiger partial charge in [-0.3, -0.25) is 4.79 Å². The van der Waals surface area contributed by atoms with Crippen molar-refractivity contribution >= 4 is 23.4 Å². The molecule has 1 heterocycles. The number of carbonyl (C=O) groups excluding carboxylic acids is 1. The zero-order valence-electron chi connectivity index (χ0n) is 10.8. The summed E-state index contributed by atoms with van der Waals surface area (Å²) in [5.74, 6) is 0.118. The zero-order chi connectivity index (χ0) is 13.0. The molecule has 0 saturated carbocycles. The van der Waals surface area contributed by atoms with Crippen molar-refractivity contribution in [2.24, 2.45) is 0 Å². The molecule has 0 saturated heterocycles. The Hall–Kier alpha value is -1.00. The predicted octanol–water partition coefficient (Wildman–Crippen LogP) is 2.71. The third kappa shape index (κ3) is 3.27. The molecule has 98 valence electrons. The quantitative estimate of drug-likeness (QED) is 0.909. The van der Waals surface area contributed by atoms with Gasteiger partial charge in [-0.05, 0) is 24.5 Å². The number of fused-ring (bicyclic) bond motifs is 1. The lowest BCUT2D eigenvalue weighted by atomic mass is 10.1. The van der Waals surface area contributed by atoms with Crippen LogP contribution in [-0.4, -0.2) is 30.1 Å². The maximum absolute atomic E-state index is 12.1. The molecule has 2 atom stereocenters. The van der Waals surface area contributed by atoms with Crippen molar-refractivity contribution in [1.29, 1.82) is 0 Å². The highest BCUT2D eigenvalue weighted by molar-refractivity contribution is 8.01. The van der Waals surface area contributed by atoms with E-state index in [1.54, 1.807) is 18.9 Å². The number of hydrogen-bond acceptors (Lipinski definition) is 3.